The van der Waals surface area contributed by atoms with E-state index in [1.165, 1.54) is 75.3 Å². The standard InChI is InChI=1S/C24H20N2/c1-2-8-16(9-3-1)26-22-13-7-5-11-18(22)20-15-14-19-17-10-4-6-12-21(17)25-23(19)24(20)26/h1-3,5,7-9,11,13-15,25H,4,6,10,12H2. The van der Waals surface area contributed by atoms with E-state index < -0.39 is 0 Å². The van der Waals surface area contributed by atoms with Gasteiger partial charge in [-0.1, -0.05) is 48.5 Å². The molecule has 6 rings (SSSR count). The Labute approximate surface area is 152 Å². The number of para-hydroxylation sites is 2. The summed E-state index contributed by atoms with van der Waals surface area (Å²) in [6.45, 7) is 0. The molecule has 1 N–H and O–H groups in total. The number of fused-ring (bicyclic) bond motifs is 7. The summed E-state index contributed by atoms with van der Waals surface area (Å²) >= 11 is 0. The van der Waals surface area contributed by atoms with Gasteiger partial charge >= 0.3 is 0 Å². The van der Waals surface area contributed by atoms with Crippen LogP contribution >= 0.6 is 0 Å². The van der Waals surface area contributed by atoms with Crippen molar-refractivity contribution in [2.45, 2.75) is 25.7 Å². The van der Waals surface area contributed by atoms with E-state index >= 15 is 0 Å². The highest BCUT2D eigenvalue weighted by Gasteiger charge is 2.20. The Hall–Kier alpha value is -3.00. The van der Waals surface area contributed by atoms with E-state index in [-0.39, 0.29) is 0 Å². The van der Waals surface area contributed by atoms with Crippen LogP contribution in [0.2, 0.25) is 0 Å². The van der Waals surface area contributed by atoms with E-state index in [4.69, 9.17) is 0 Å². The third-order valence-electron chi connectivity index (χ3n) is 5.92. The smallest absolute Gasteiger partial charge is 0.0782 e. The van der Waals surface area contributed by atoms with Crippen LogP contribution in [0.1, 0.15) is 24.1 Å². The number of H-pyrrole nitrogens is 1. The van der Waals surface area contributed by atoms with Crippen LogP contribution in [0.5, 0.6) is 0 Å². The molecule has 2 heterocycles. The maximum Gasteiger partial charge on any atom is 0.0782 e. The first-order valence-corrected chi connectivity index (χ1v) is 9.53. The molecule has 3 aromatic carbocycles. The monoisotopic (exact) mass is 336 g/mol. The highest BCUT2D eigenvalue weighted by Crippen LogP contribution is 2.39. The van der Waals surface area contributed by atoms with Crippen LogP contribution in [0.4, 0.5) is 0 Å². The average Bonchev–Trinajstić information content (AvgIpc) is 3.24. The Balaban J connectivity index is 1.85. The molecule has 2 heteroatoms. The fourth-order valence-corrected chi connectivity index (χ4v) is 4.77. The number of hydrogen-bond acceptors (Lipinski definition) is 0. The zero-order valence-corrected chi connectivity index (χ0v) is 14.6. The number of nitrogens with one attached hydrogen (secondary N) is 1. The van der Waals surface area contributed by atoms with Crippen molar-refractivity contribution in [3.63, 3.8) is 0 Å². The second-order valence-corrected chi connectivity index (χ2v) is 7.36. The minimum Gasteiger partial charge on any atom is -0.356 e. The molecule has 2 aromatic heterocycles. The van der Waals surface area contributed by atoms with E-state index in [2.05, 4.69) is 76.3 Å². The normalized spacial score (nSPS) is 14.3. The van der Waals surface area contributed by atoms with Crippen molar-refractivity contribution in [2.24, 2.45) is 0 Å². The number of benzene rings is 3. The van der Waals surface area contributed by atoms with Crippen molar-refractivity contribution >= 4 is 32.7 Å². The molecule has 0 saturated carbocycles. The molecule has 0 saturated heterocycles. The topological polar surface area (TPSA) is 20.7 Å². The summed E-state index contributed by atoms with van der Waals surface area (Å²) in [5, 5.41) is 4.06. The van der Waals surface area contributed by atoms with Crippen molar-refractivity contribution in [3.05, 3.63) is 78.0 Å². The van der Waals surface area contributed by atoms with Gasteiger partial charge in [-0.3, -0.25) is 0 Å². The predicted molar refractivity (Wildman–Crippen MR) is 109 cm³/mol. The third kappa shape index (κ3) is 1.82. The molecule has 2 nitrogen and oxygen atoms in total. The molecule has 0 spiro atoms. The van der Waals surface area contributed by atoms with Crippen molar-refractivity contribution in [2.75, 3.05) is 0 Å². The van der Waals surface area contributed by atoms with Gasteiger partial charge in [0.05, 0.1) is 16.6 Å². The zero-order valence-electron chi connectivity index (χ0n) is 14.6. The Morgan fingerprint density at radius 1 is 0.692 bits per heavy atom. The van der Waals surface area contributed by atoms with E-state index in [0.29, 0.717) is 0 Å². The average molecular weight is 336 g/mol. The highest BCUT2D eigenvalue weighted by atomic mass is 15.0. The number of aromatic amines is 1. The first kappa shape index (κ1) is 14.2. The van der Waals surface area contributed by atoms with E-state index in [9.17, 15) is 0 Å². The first-order valence-electron chi connectivity index (χ1n) is 9.53. The summed E-state index contributed by atoms with van der Waals surface area (Å²) in [6.07, 6.45) is 4.98. The molecular formula is C24H20N2. The summed E-state index contributed by atoms with van der Waals surface area (Å²) in [4.78, 5) is 3.81. The van der Waals surface area contributed by atoms with Crippen LogP contribution in [-0.4, -0.2) is 9.55 Å². The molecule has 0 atom stereocenters. The van der Waals surface area contributed by atoms with Crippen molar-refractivity contribution < 1.29 is 0 Å². The lowest BCUT2D eigenvalue weighted by Crippen LogP contribution is -1.99. The molecule has 0 aliphatic heterocycles. The fraction of sp³-hybridized carbons (Fsp3) is 0.167. The van der Waals surface area contributed by atoms with Gasteiger partial charge in [0.25, 0.3) is 0 Å². The molecule has 1 aliphatic rings. The predicted octanol–water partition coefficient (Wildman–Crippen LogP) is 6.14. The van der Waals surface area contributed by atoms with E-state index in [1.54, 1.807) is 0 Å². The van der Waals surface area contributed by atoms with Crippen LogP contribution in [0.15, 0.2) is 66.7 Å². The van der Waals surface area contributed by atoms with Crippen LogP contribution in [0.25, 0.3) is 38.4 Å². The molecule has 0 unspecified atom stereocenters. The second kappa shape index (κ2) is 5.25. The van der Waals surface area contributed by atoms with E-state index in [0.717, 1.165) is 0 Å². The quantitative estimate of drug-likeness (QED) is 0.379. The molecule has 26 heavy (non-hydrogen) atoms. The van der Waals surface area contributed by atoms with Gasteiger partial charge in [0.2, 0.25) is 0 Å². The summed E-state index contributed by atoms with van der Waals surface area (Å²) in [5.74, 6) is 0. The largest absolute Gasteiger partial charge is 0.356 e. The van der Waals surface area contributed by atoms with Crippen molar-refractivity contribution in [3.8, 4) is 5.69 Å². The molecule has 0 amide bonds. The molecule has 5 aromatic rings. The lowest BCUT2D eigenvalue weighted by atomic mass is 9.95. The number of aromatic nitrogens is 2. The van der Waals surface area contributed by atoms with Crippen LogP contribution in [0, 0.1) is 0 Å². The van der Waals surface area contributed by atoms with Crippen LogP contribution in [-0.2, 0) is 12.8 Å². The maximum atomic E-state index is 3.81. The summed E-state index contributed by atoms with van der Waals surface area (Å²) in [5.41, 5.74) is 8.09. The third-order valence-corrected chi connectivity index (χ3v) is 5.92. The molecule has 0 fully saturated rings. The van der Waals surface area contributed by atoms with Gasteiger partial charge in [-0.15, -0.1) is 0 Å². The Morgan fingerprint density at radius 3 is 2.38 bits per heavy atom. The fourth-order valence-electron chi connectivity index (χ4n) is 4.77. The molecule has 1 aliphatic carbocycles. The Kier molecular flexibility index (Phi) is 2.87. The lowest BCUT2D eigenvalue weighted by molar-refractivity contribution is 0.680. The van der Waals surface area contributed by atoms with Crippen LogP contribution in [0.3, 0.4) is 0 Å². The second-order valence-electron chi connectivity index (χ2n) is 7.36. The van der Waals surface area contributed by atoms with Gasteiger partial charge in [0, 0.05) is 27.5 Å². The molecular weight excluding hydrogens is 316 g/mol. The summed E-state index contributed by atoms with van der Waals surface area (Å²) in [6, 6.07) is 24.1. The number of rotatable bonds is 1. The minimum atomic E-state index is 1.18. The van der Waals surface area contributed by atoms with Gasteiger partial charge in [-0.05, 0) is 49.4 Å². The molecule has 126 valence electrons. The maximum absolute atomic E-state index is 3.81. The SMILES string of the molecule is c1ccc(-n2c3ccccc3c3ccc4c5c([nH]c4c32)CCCC5)cc1. The number of hydrogen-bond donors (Lipinski definition) is 1. The Morgan fingerprint density at radius 2 is 1.46 bits per heavy atom. The number of aryl methyl sites for hydroxylation is 2. The molecule has 0 radical (unpaired) electrons. The van der Waals surface area contributed by atoms with Gasteiger partial charge < -0.3 is 9.55 Å². The van der Waals surface area contributed by atoms with Crippen molar-refractivity contribution in [1.29, 1.82) is 0 Å². The zero-order chi connectivity index (χ0) is 17.1. The highest BCUT2D eigenvalue weighted by molar-refractivity contribution is 6.18. The van der Waals surface area contributed by atoms with Gasteiger partial charge in [0.15, 0.2) is 0 Å². The van der Waals surface area contributed by atoms with Gasteiger partial charge in [-0.2, -0.15) is 0 Å². The summed E-state index contributed by atoms with van der Waals surface area (Å²) < 4.78 is 2.43. The lowest BCUT2D eigenvalue weighted by Gasteiger charge is -2.10. The minimum absolute atomic E-state index is 1.18. The first-order chi connectivity index (χ1) is 12.9. The number of nitrogens with zero attached hydrogens (tertiary/aromatic N) is 1. The van der Waals surface area contributed by atoms with Crippen molar-refractivity contribution in [1.82, 2.24) is 9.55 Å². The van der Waals surface area contributed by atoms with Gasteiger partial charge in [-0.25, -0.2) is 0 Å². The van der Waals surface area contributed by atoms with Crippen LogP contribution < -0.4 is 0 Å². The molecule has 0 bridgehead atoms. The van der Waals surface area contributed by atoms with E-state index in [1.807, 2.05) is 0 Å². The summed E-state index contributed by atoms with van der Waals surface area (Å²) in [7, 11) is 0. The Bertz CT molecular complexity index is 1270. The van der Waals surface area contributed by atoms with Gasteiger partial charge in [0.1, 0.15) is 0 Å².